The first-order valence-corrected chi connectivity index (χ1v) is 8.46. The maximum atomic E-state index is 11.9. The van der Waals surface area contributed by atoms with Crippen LogP contribution in [0.4, 0.5) is 4.79 Å². The summed E-state index contributed by atoms with van der Waals surface area (Å²) in [5, 5.41) is 6.15. The number of urea groups is 1. The van der Waals surface area contributed by atoms with Gasteiger partial charge in [0.15, 0.2) is 0 Å². The Morgan fingerprint density at radius 2 is 2.27 bits per heavy atom. The molecule has 5 nitrogen and oxygen atoms in total. The van der Waals surface area contributed by atoms with Crippen molar-refractivity contribution >= 4 is 17.8 Å². The summed E-state index contributed by atoms with van der Waals surface area (Å²) in [5.41, 5.74) is 2.75. The van der Waals surface area contributed by atoms with Crippen LogP contribution in [-0.4, -0.2) is 27.9 Å². The summed E-state index contributed by atoms with van der Waals surface area (Å²) in [5.74, 6) is 1.95. The van der Waals surface area contributed by atoms with Crippen LogP contribution in [-0.2, 0) is 20.0 Å². The second-order valence-electron chi connectivity index (χ2n) is 5.33. The third kappa shape index (κ3) is 3.44. The minimum atomic E-state index is -0.147. The van der Waals surface area contributed by atoms with Gasteiger partial charge in [0.25, 0.3) is 0 Å². The maximum Gasteiger partial charge on any atom is 0.315 e. The van der Waals surface area contributed by atoms with Gasteiger partial charge in [-0.1, -0.05) is 24.3 Å². The highest BCUT2D eigenvalue weighted by atomic mass is 32.2. The van der Waals surface area contributed by atoms with E-state index in [1.165, 1.54) is 11.1 Å². The number of carbonyl (C=O) groups is 1. The number of nitrogens with zero attached hydrogens (tertiary/aromatic N) is 2. The van der Waals surface area contributed by atoms with Crippen LogP contribution in [0.25, 0.3) is 0 Å². The molecule has 0 saturated carbocycles. The molecule has 2 N–H and O–H groups in total. The first-order valence-electron chi connectivity index (χ1n) is 7.41. The highest BCUT2D eigenvalue weighted by molar-refractivity contribution is 7.99. The summed E-state index contributed by atoms with van der Waals surface area (Å²) < 4.78 is 1.90. The Balaban J connectivity index is 1.51. The molecule has 1 atom stereocenters. The maximum absolute atomic E-state index is 11.9. The molecule has 22 heavy (non-hydrogen) atoms. The van der Waals surface area contributed by atoms with E-state index in [-0.39, 0.29) is 6.03 Å². The average Bonchev–Trinajstić information content (AvgIpc) is 2.96. The van der Waals surface area contributed by atoms with Crippen LogP contribution in [0.15, 0.2) is 36.7 Å². The number of imidazole rings is 1. The Hall–Kier alpha value is -1.95. The average molecular weight is 316 g/mol. The van der Waals surface area contributed by atoms with Crippen LogP contribution < -0.4 is 10.6 Å². The van der Waals surface area contributed by atoms with Crippen molar-refractivity contribution in [1.29, 1.82) is 0 Å². The molecule has 1 aliphatic rings. The van der Waals surface area contributed by atoms with E-state index >= 15 is 0 Å². The highest BCUT2D eigenvalue weighted by Gasteiger charge is 2.20. The molecule has 0 spiro atoms. The molecule has 0 bridgehead atoms. The lowest BCUT2D eigenvalue weighted by Crippen LogP contribution is -2.38. The molecule has 0 aliphatic carbocycles. The Labute approximate surface area is 134 Å². The number of amides is 2. The first-order chi connectivity index (χ1) is 10.7. The largest absolute Gasteiger partial charge is 0.337 e. The molecule has 6 heteroatoms. The van der Waals surface area contributed by atoms with E-state index in [0.29, 0.717) is 18.3 Å². The number of rotatable bonds is 4. The molecule has 0 fully saturated rings. The molecule has 0 radical (unpaired) electrons. The number of aryl methyl sites for hydroxylation is 2. The second kappa shape index (κ2) is 6.87. The van der Waals surface area contributed by atoms with E-state index in [4.69, 9.17) is 0 Å². The summed E-state index contributed by atoms with van der Waals surface area (Å²) in [4.78, 5) is 16.1. The second-order valence-corrected chi connectivity index (χ2v) is 6.64. The minimum Gasteiger partial charge on any atom is -0.337 e. The van der Waals surface area contributed by atoms with E-state index in [1.807, 2.05) is 29.6 Å². The van der Waals surface area contributed by atoms with Crippen LogP contribution in [0, 0.1) is 0 Å². The monoisotopic (exact) mass is 316 g/mol. The molecular formula is C16H20N4OS. The molecule has 0 unspecified atom stereocenters. The van der Waals surface area contributed by atoms with Crippen molar-refractivity contribution in [1.82, 2.24) is 20.2 Å². The Kier molecular flexibility index (Phi) is 4.68. The van der Waals surface area contributed by atoms with E-state index in [0.717, 1.165) is 18.0 Å². The number of benzene rings is 1. The zero-order chi connectivity index (χ0) is 15.4. The van der Waals surface area contributed by atoms with Crippen LogP contribution in [0.1, 0.15) is 22.2 Å². The van der Waals surface area contributed by atoms with Gasteiger partial charge in [0.1, 0.15) is 5.82 Å². The van der Waals surface area contributed by atoms with Gasteiger partial charge in [-0.05, 0) is 23.3 Å². The van der Waals surface area contributed by atoms with Crippen molar-refractivity contribution in [2.75, 3.05) is 12.3 Å². The lowest BCUT2D eigenvalue weighted by Gasteiger charge is -2.25. The number of hydrogen-bond donors (Lipinski definition) is 2. The smallest absolute Gasteiger partial charge is 0.315 e. The number of aromatic nitrogens is 2. The van der Waals surface area contributed by atoms with E-state index in [2.05, 4.69) is 39.9 Å². The van der Waals surface area contributed by atoms with Crippen LogP contribution in [0.3, 0.4) is 0 Å². The summed E-state index contributed by atoms with van der Waals surface area (Å²) in [7, 11) is 1.91. The van der Waals surface area contributed by atoms with Gasteiger partial charge in [0.2, 0.25) is 0 Å². The molecule has 3 rings (SSSR count). The van der Waals surface area contributed by atoms with Gasteiger partial charge in [-0.3, -0.25) is 0 Å². The zero-order valence-electron chi connectivity index (χ0n) is 12.6. The van der Waals surface area contributed by atoms with Crippen LogP contribution in [0.2, 0.25) is 0 Å². The lowest BCUT2D eigenvalue weighted by atomic mass is 10.0. The van der Waals surface area contributed by atoms with Crippen molar-refractivity contribution in [2.45, 2.75) is 18.2 Å². The molecule has 116 valence electrons. The molecule has 2 heterocycles. The SMILES string of the molecule is Cn1ccnc1CNC(=O)NC[C@@H]1SCCc2ccccc21. The summed E-state index contributed by atoms with van der Waals surface area (Å²) >= 11 is 1.91. The lowest BCUT2D eigenvalue weighted by molar-refractivity contribution is 0.240. The number of carbonyl (C=O) groups excluding carboxylic acids is 1. The van der Waals surface area contributed by atoms with Crippen molar-refractivity contribution in [3.05, 3.63) is 53.6 Å². The van der Waals surface area contributed by atoms with Gasteiger partial charge < -0.3 is 15.2 Å². The predicted octanol–water partition coefficient (Wildman–Crippen LogP) is 2.25. The zero-order valence-corrected chi connectivity index (χ0v) is 13.4. The standard InChI is InChI=1S/C16H20N4OS/c1-20-8-7-17-15(20)11-19-16(21)18-10-14-13-5-3-2-4-12(13)6-9-22-14/h2-5,7-8,14H,6,9-11H2,1H3,(H2,18,19,21)/t14-/m0/s1. The van der Waals surface area contributed by atoms with Gasteiger partial charge in [0.05, 0.1) is 6.54 Å². The Bertz CT molecular complexity index is 655. The van der Waals surface area contributed by atoms with Gasteiger partial charge >= 0.3 is 6.03 Å². The molecule has 1 aromatic heterocycles. The van der Waals surface area contributed by atoms with Gasteiger partial charge in [-0.25, -0.2) is 9.78 Å². The number of fused-ring (bicyclic) bond motifs is 1. The van der Waals surface area contributed by atoms with Crippen LogP contribution in [0.5, 0.6) is 0 Å². The van der Waals surface area contributed by atoms with Crippen LogP contribution >= 0.6 is 11.8 Å². The predicted molar refractivity (Wildman–Crippen MR) is 88.8 cm³/mol. The topological polar surface area (TPSA) is 59.0 Å². The molecule has 1 aliphatic heterocycles. The quantitative estimate of drug-likeness (QED) is 0.909. The van der Waals surface area contributed by atoms with E-state index < -0.39 is 0 Å². The summed E-state index contributed by atoms with van der Waals surface area (Å²) in [6.45, 7) is 1.08. The fourth-order valence-electron chi connectivity index (χ4n) is 2.62. The first kappa shape index (κ1) is 15.0. The number of thioether (sulfide) groups is 1. The fourth-order valence-corrected chi connectivity index (χ4v) is 3.85. The molecule has 1 aromatic carbocycles. The van der Waals surface area contributed by atoms with Crippen molar-refractivity contribution in [2.24, 2.45) is 7.05 Å². The summed E-state index contributed by atoms with van der Waals surface area (Å²) in [6, 6.07) is 8.35. The van der Waals surface area contributed by atoms with Gasteiger partial charge in [-0.15, -0.1) is 0 Å². The van der Waals surface area contributed by atoms with Gasteiger partial charge in [-0.2, -0.15) is 11.8 Å². The number of nitrogens with one attached hydrogen (secondary N) is 2. The van der Waals surface area contributed by atoms with Gasteiger partial charge in [0, 0.05) is 31.2 Å². The van der Waals surface area contributed by atoms with E-state index in [1.54, 1.807) is 6.20 Å². The normalized spacial score (nSPS) is 16.9. The minimum absolute atomic E-state index is 0.147. The Morgan fingerprint density at radius 3 is 3.09 bits per heavy atom. The fraction of sp³-hybridized carbons (Fsp3) is 0.375. The molecular weight excluding hydrogens is 296 g/mol. The number of hydrogen-bond acceptors (Lipinski definition) is 3. The summed E-state index contributed by atoms with van der Waals surface area (Å²) in [6.07, 6.45) is 4.71. The Morgan fingerprint density at radius 1 is 1.41 bits per heavy atom. The third-order valence-electron chi connectivity index (χ3n) is 3.87. The molecule has 2 amide bonds. The highest BCUT2D eigenvalue weighted by Crippen LogP contribution is 2.35. The van der Waals surface area contributed by atoms with Crippen molar-refractivity contribution in [3.63, 3.8) is 0 Å². The van der Waals surface area contributed by atoms with Crippen molar-refractivity contribution < 1.29 is 4.79 Å². The third-order valence-corrected chi connectivity index (χ3v) is 5.13. The molecule has 2 aromatic rings. The molecule has 0 saturated heterocycles. The van der Waals surface area contributed by atoms with Crippen molar-refractivity contribution in [3.8, 4) is 0 Å². The van der Waals surface area contributed by atoms with E-state index in [9.17, 15) is 4.79 Å².